The average Bonchev–Trinajstić information content (AvgIpc) is 2.51. The monoisotopic (exact) mass is 264 g/mol. The Morgan fingerprint density at radius 2 is 1.70 bits per heavy atom. The van der Waals surface area contributed by atoms with Crippen LogP contribution in [-0.2, 0) is 0 Å². The van der Waals surface area contributed by atoms with E-state index < -0.39 is 0 Å². The predicted molar refractivity (Wildman–Crippen MR) is 82.4 cm³/mol. The zero-order valence-electron chi connectivity index (χ0n) is 11.2. The zero-order valence-corrected chi connectivity index (χ0v) is 11.2. The van der Waals surface area contributed by atoms with Gasteiger partial charge in [0.25, 0.3) is 0 Å². The maximum absolute atomic E-state index is 6.00. The normalized spacial score (nSPS) is 12.2. The van der Waals surface area contributed by atoms with Crippen molar-refractivity contribution in [3.63, 3.8) is 0 Å². The molecule has 3 rings (SSSR count). The average molecular weight is 264 g/mol. The molecular weight excluding hydrogens is 248 g/mol. The van der Waals surface area contributed by atoms with Crippen molar-refractivity contribution in [1.29, 1.82) is 0 Å². The van der Waals surface area contributed by atoms with E-state index in [1.54, 1.807) is 18.6 Å². The van der Waals surface area contributed by atoms with Gasteiger partial charge in [-0.2, -0.15) is 0 Å². The molecule has 3 aromatic rings. The lowest BCUT2D eigenvalue weighted by molar-refractivity contribution is 0.882. The largest absolute Gasteiger partial charge is 0.398 e. The highest BCUT2D eigenvalue weighted by atomic mass is 14.9. The highest BCUT2D eigenvalue weighted by molar-refractivity contribution is 6.00. The lowest BCUT2D eigenvalue weighted by Crippen LogP contribution is -2.07. The number of pyridine rings is 2. The molecule has 4 heteroatoms. The number of nitrogens with one attached hydrogen (secondary N) is 1. The van der Waals surface area contributed by atoms with Gasteiger partial charge in [0.2, 0.25) is 0 Å². The number of hydrogen-bond donors (Lipinski definition) is 2. The highest BCUT2D eigenvalue weighted by Crippen LogP contribution is 2.29. The van der Waals surface area contributed by atoms with Crippen molar-refractivity contribution in [2.24, 2.45) is 0 Å². The Kier molecular flexibility index (Phi) is 3.21. The van der Waals surface area contributed by atoms with Crippen molar-refractivity contribution in [3.05, 3.63) is 60.7 Å². The Balaban J connectivity index is 1.97. The molecule has 0 bridgehead atoms. The van der Waals surface area contributed by atoms with Gasteiger partial charge >= 0.3 is 0 Å². The molecule has 0 saturated heterocycles. The lowest BCUT2D eigenvalue weighted by Gasteiger charge is -2.17. The first-order valence-electron chi connectivity index (χ1n) is 6.54. The van der Waals surface area contributed by atoms with Gasteiger partial charge in [-0.3, -0.25) is 9.97 Å². The molecule has 20 heavy (non-hydrogen) atoms. The van der Waals surface area contributed by atoms with Crippen LogP contribution in [0.1, 0.15) is 18.5 Å². The third-order valence-electron chi connectivity index (χ3n) is 3.43. The maximum Gasteiger partial charge on any atom is 0.0486 e. The van der Waals surface area contributed by atoms with Gasteiger partial charge in [-0.1, -0.05) is 0 Å². The Labute approximate surface area is 117 Å². The summed E-state index contributed by atoms with van der Waals surface area (Å²) >= 11 is 0. The number of nitrogen functional groups attached to an aromatic ring is 1. The van der Waals surface area contributed by atoms with Gasteiger partial charge in [0.1, 0.15) is 0 Å². The topological polar surface area (TPSA) is 63.8 Å². The molecule has 2 heterocycles. The standard InChI is InChI=1S/C16H16N4/c1-11(12-4-7-18-8-5-12)20-16-3-2-15(17)13-6-9-19-10-14(13)16/h2-11,20H,17H2,1H3. The van der Waals surface area contributed by atoms with Crippen molar-refractivity contribution in [1.82, 2.24) is 9.97 Å². The van der Waals surface area contributed by atoms with Crippen LogP contribution >= 0.6 is 0 Å². The number of fused-ring (bicyclic) bond motifs is 1. The van der Waals surface area contributed by atoms with E-state index in [0.29, 0.717) is 0 Å². The van der Waals surface area contributed by atoms with Gasteiger partial charge in [0.05, 0.1) is 0 Å². The van der Waals surface area contributed by atoms with Crippen LogP contribution in [0.15, 0.2) is 55.1 Å². The molecular formula is C16H16N4. The van der Waals surface area contributed by atoms with E-state index in [-0.39, 0.29) is 6.04 Å². The van der Waals surface area contributed by atoms with Crippen LogP contribution < -0.4 is 11.1 Å². The highest BCUT2D eigenvalue weighted by Gasteiger charge is 2.08. The van der Waals surface area contributed by atoms with Crippen molar-refractivity contribution < 1.29 is 0 Å². The third-order valence-corrected chi connectivity index (χ3v) is 3.43. The summed E-state index contributed by atoms with van der Waals surface area (Å²) in [6.07, 6.45) is 7.20. The lowest BCUT2D eigenvalue weighted by atomic mass is 10.1. The van der Waals surface area contributed by atoms with E-state index in [1.807, 2.05) is 36.5 Å². The van der Waals surface area contributed by atoms with Gasteiger partial charge in [0, 0.05) is 53.0 Å². The van der Waals surface area contributed by atoms with Crippen LogP contribution in [-0.4, -0.2) is 9.97 Å². The molecule has 100 valence electrons. The van der Waals surface area contributed by atoms with E-state index in [0.717, 1.165) is 22.1 Å². The second kappa shape index (κ2) is 5.17. The first-order chi connectivity index (χ1) is 9.75. The minimum atomic E-state index is 0.185. The Bertz CT molecular complexity index is 725. The number of rotatable bonds is 3. The van der Waals surface area contributed by atoms with Crippen molar-refractivity contribution in [3.8, 4) is 0 Å². The van der Waals surface area contributed by atoms with Gasteiger partial charge in [-0.25, -0.2) is 0 Å². The number of nitrogens with two attached hydrogens (primary N) is 1. The molecule has 1 aromatic carbocycles. The van der Waals surface area contributed by atoms with E-state index >= 15 is 0 Å². The fraction of sp³-hybridized carbons (Fsp3) is 0.125. The van der Waals surface area contributed by atoms with Gasteiger partial charge in [-0.05, 0) is 42.8 Å². The summed E-state index contributed by atoms with van der Waals surface area (Å²) in [6.45, 7) is 2.12. The van der Waals surface area contributed by atoms with Gasteiger partial charge < -0.3 is 11.1 Å². The summed E-state index contributed by atoms with van der Waals surface area (Å²) in [5, 5.41) is 5.56. The van der Waals surface area contributed by atoms with E-state index in [1.165, 1.54) is 5.56 Å². The minimum Gasteiger partial charge on any atom is -0.398 e. The van der Waals surface area contributed by atoms with E-state index in [2.05, 4.69) is 22.2 Å². The van der Waals surface area contributed by atoms with Crippen LogP contribution in [0, 0.1) is 0 Å². The molecule has 1 unspecified atom stereocenters. The molecule has 0 aliphatic heterocycles. The quantitative estimate of drug-likeness (QED) is 0.712. The minimum absolute atomic E-state index is 0.185. The predicted octanol–water partition coefficient (Wildman–Crippen LogP) is 3.39. The fourth-order valence-electron chi connectivity index (χ4n) is 2.31. The molecule has 0 fully saturated rings. The zero-order chi connectivity index (χ0) is 13.9. The van der Waals surface area contributed by atoms with Crippen LogP contribution in [0.4, 0.5) is 11.4 Å². The molecule has 0 amide bonds. The summed E-state index contributed by atoms with van der Waals surface area (Å²) < 4.78 is 0. The molecule has 4 nitrogen and oxygen atoms in total. The molecule has 0 spiro atoms. The number of nitrogens with zero attached hydrogens (tertiary/aromatic N) is 2. The maximum atomic E-state index is 6.00. The van der Waals surface area contributed by atoms with Crippen molar-refractivity contribution in [2.75, 3.05) is 11.1 Å². The summed E-state index contributed by atoms with van der Waals surface area (Å²) in [5.74, 6) is 0. The molecule has 0 saturated carbocycles. The summed E-state index contributed by atoms with van der Waals surface area (Å²) in [4.78, 5) is 8.23. The second-order valence-corrected chi connectivity index (χ2v) is 4.77. The van der Waals surface area contributed by atoms with E-state index in [9.17, 15) is 0 Å². The number of hydrogen-bond acceptors (Lipinski definition) is 4. The van der Waals surface area contributed by atoms with Crippen molar-refractivity contribution >= 4 is 22.1 Å². The first-order valence-corrected chi connectivity index (χ1v) is 6.54. The van der Waals surface area contributed by atoms with Gasteiger partial charge in [-0.15, -0.1) is 0 Å². The van der Waals surface area contributed by atoms with E-state index in [4.69, 9.17) is 5.73 Å². The summed E-state index contributed by atoms with van der Waals surface area (Å²) in [7, 11) is 0. The van der Waals surface area contributed by atoms with Crippen LogP contribution in [0.2, 0.25) is 0 Å². The number of benzene rings is 1. The number of aromatic nitrogens is 2. The second-order valence-electron chi connectivity index (χ2n) is 4.77. The molecule has 3 N–H and O–H groups in total. The Hall–Kier alpha value is -2.62. The molecule has 1 atom stereocenters. The van der Waals surface area contributed by atoms with Gasteiger partial charge in [0.15, 0.2) is 0 Å². The molecule has 2 aromatic heterocycles. The fourth-order valence-corrected chi connectivity index (χ4v) is 2.31. The smallest absolute Gasteiger partial charge is 0.0486 e. The van der Waals surface area contributed by atoms with Crippen LogP contribution in [0.3, 0.4) is 0 Å². The molecule has 0 aliphatic rings. The summed E-state index contributed by atoms with van der Waals surface area (Å²) in [5.41, 5.74) is 8.99. The SMILES string of the molecule is CC(Nc1ccc(N)c2ccncc12)c1ccncc1. The first kappa shape index (κ1) is 12.4. The van der Waals surface area contributed by atoms with Crippen LogP contribution in [0.5, 0.6) is 0 Å². The van der Waals surface area contributed by atoms with Crippen molar-refractivity contribution in [2.45, 2.75) is 13.0 Å². The molecule has 0 aliphatic carbocycles. The third kappa shape index (κ3) is 2.28. The van der Waals surface area contributed by atoms with Crippen LogP contribution in [0.25, 0.3) is 10.8 Å². The molecule has 0 radical (unpaired) electrons. The number of anilines is 2. The Morgan fingerprint density at radius 1 is 0.950 bits per heavy atom. The summed E-state index contributed by atoms with van der Waals surface area (Å²) in [6, 6.07) is 10.1. The Morgan fingerprint density at radius 3 is 2.50 bits per heavy atom.